The molecule has 2 heterocycles. The fraction of sp³-hybridized carbons (Fsp3) is 0.0667. The van der Waals surface area contributed by atoms with Crippen LogP contribution in [0.4, 0.5) is 10.1 Å². The van der Waals surface area contributed by atoms with Crippen LogP contribution in [0.15, 0.2) is 63.5 Å². The third kappa shape index (κ3) is 3.04. The number of nitrogens with one attached hydrogen (secondary N) is 1. The van der Waals surface area contributed by atoms with Crippen LogP contribution in [0.1, 0.15) is 10.6 Å². The summed E-state index contributed by atoms with van der Waals surface area (Å²) >= 11 is 1.34. The van der Waals surface area contributed by atoms with E-state index in [9.17, 15) is 9.18 Å². The number of carbonyl (C=O) groups excluding carboxylic acids is 1. The maximum absolute atomic E-state index is 13.5. The van der Waals surface area contributed by atoms with Gasteiger partial charge < -0.3 is 14.3 Å². The van der Waals surface area contributed by atoms with Crippen LogP contribution in [-0.4, -0.2) is 15.5 Å². The first-order valence-corrected chi connectivity index (χ1v) is 7.25. The normalized spacial score (nSPS) is 10.6. The van der Waals surface area contributed by atoms with Gasteiger partial charge >= 0.3 is 0 Å². The number of furan rings is 1. The van der Waals surface area contributed by atoms with E-state index in [1.54, 1.807) is 24.4 Å². The fourth-order valence-corrected chi connectivity index (χ4v) is 2.70. The van der Waals surface area contributed by atoms with E-state index in [0.717, 1.165) is 5.16 Å². The molecule has 3 aromatic rings. The monoisotopic (exact) mass is 317 g/mol. The number of carbonyl (C=O) groups is 1. The second-order valence-electron chi connectivity index (χ2n) is 4.49. The minimum atomic E-state index is -0.433. The average molecular weight is 317 g/mol. The highest BCUT2D eigenvalue weighted by atomic mass is 32.2. The van der Waals surface area contributed by atoms with Crippen LogP contribution in [0.2, 0.25) is 0 Å². The Morgan fingerprint density at radius 2 is 2.27 bits per heavy atom. The second-order valence-corrected chi connectivity index (χ2v) is 5.50. The number of aromatic nitrogens is 2. The molecule has 0 saturated heterocycles. The molecule has 2 aromatic heterocycles. The summed E-state index contributed by atoms with van der Waals surface area (Å²) in [5.41, 5.74) is 0.370. The van der Waals surface area contributed by atoms with Crippen molar-refractivity contribution in [3.8, 4) is 0 Å². The largest absolute Gasteiger partial charge is 0.459 e. The number of amides is 1. The predicted molar refractivity (Wildman–Crippen MR) is 80.4 cm³/mol. The van der Waals surface area contributed by atoms with Crippen molar-refractivity contribution >= 4 is 23.4 Å². The van der Waals surface area contributed by atoms with E-state index in [4.69, 9.17) is 4.42 Å². The lowest BCUT2D eigenvalue weighted by Gasteiger charge is -2.10. The average Bonchev–Trinajstić information content (AvgIpc) is 3.14. The summed E-state index contributed by atoms with van der Waals surface area (Å²) in [7, 11) is 1.86. The van der Waals surface area contributed by atoms with E-state index in [0.29, 0.717) is 10.6 Å². The SMILES string of the molecule is Cn1ccnc1Sc1ccc(F)cc1NC(=O)c1ccco1. The number of benzene rings is 1. The Balaban J connectivity index is 1.88. The van der Waals surface area contributed by atoms with Crippen molar-refractivity contribution in [3.05, 3.63) is 60.6 Å². The minimum Gasteiger partial charge on any atom is -0.459 e. The highest BCUT2D eigenvalue weighted by Gasteiger charge is 2.14. The highest BCUT2D eigenvalue weighted by molar-refractivity contribution is 7.99. The van der Waals surface area contributed by atoms with E-state index in [-0.39, 0.29) is 5.76 Å². The topological polar surface area (TPSA) is 60.1 Å². The summed E-state index contributed by atoms with van der Waals surface area (Å²) in [6.07, 6.45) is 4.89. The molecule has 0 unspecified atom stereocenters. The Hall–Kier alpha value is -2.54. The minimum absolute atomic E-state index is 0.164. The van der Waals surface area contributed by atoms with Gasteiger partial charge in [0.15, 0.2) is 10.9 Å². The number of anilines is 1. The third-order valence-electron chi connectivity index (χ3n) is 2.91. The van der Waals surface area contributed by atoms with Gasteiger partial charge in [-0.15, -0.1) is 0 Å². The maximum atomic E-state index is 13.5. The predicted octanol–water partition coefficient (Wildman–Crippen LogP) is 3.56. The van der Waals surface area contributed by atoms with Crippen molar-refractivity contribution in [1.29, 1.82) is 0 Å². The van der Waals surface area contributed by atoms with Gasteiger partial charge in [-0.05, 0) is 42.1 Å². The number of rotatable bonds is 4. The van der Waals surface area contributed by atoms with E-state index in [1.165, 1.54) is 30.2 Å². The van der Waals surface area contributed by atoms with Crippen LogP contribution in [0, 0.1) is 5.82 Å². The second kappa shape index (κ2) is 6.07. The molecule has 22 heavy (non-hydrogen) atoms. The molecule has 1 amide bonds. The quantitative estimate of drug-likeness (QED) is 0.799. The molecular formula is C15H12FN3O2S. The van der Waals surface area contributed by atoms with Gasteiger partial charge in [0.05, 0.1) is 12.0 Å². The van der Waals surface area contributed by atoms with Gasteiger partial charge in [0.2, 0.25) is 0 Å². The van der Waals surface area contributed by atoms with E-state index in [1.807, 2.05) is 17.8 Å². The molecule has 0 fully saturated rings. The lowest BCUT2D eigenvalue weighted by atomic mass is 10.3. The molecular weight excluding hydrogens is 305 g/mol. The van der Waals surface area contributed by atoms with Gasteiger partial charge in [0, 0.05) is 24.3 Å². The van der Waals surface area contributed by atoms with Crippen LogP contribution in [0.5, 0.6) is 0 Å². The van der Waals surface area contributed by atoms with Crippen LogP contribution < -0.4 is 5.32 Å². The highest BCUT2D eigenvalue weighted by Crippen LogP contribution is 2.33. The van der Waals surface area contributed by atoms with E-state index >= 15 is 0 Å². The Morgan fingerprint density at radius 3 is 2.95 bits per heavy atom. The summed E-state index contributed by atoms with van der Waals surface area (Å²) < 4.78 is 20.4. The molecule has 0 radical (unpaired) electrons. The molecule has 0 bridgehead atoms. The van der Waals surface area contributed by atoms with Gasteiger partial charge in [0.1, 0.15) is 5.82 Å². The Morgan fingerprint density at radius 1 is 1.41 bits per heavy atom. The molecule has 0 saturated carbocycles. The summed E-state index contributed by atoms with van der Waals surface area (Å²) in [5.74, 6) is -0.701. The van der Waals surface area contributed by atoms with Crippen molar-refractivity contribution in [2.75, 3.05) is 5.32 Å². The lowest BCUT2D eigenvalue weighted by Crippen LogP contribution is -2.11. The Bertz CT molecular complexity index is 799. The number of imidazole rings is 1. The van der Waals surface area contributed by atoms with Gasteiger partial charge in [0.25, 0.3) is 5.91 Å². The Labute approximate surface area is 130 Å². The molecule has 0 aliphatic heterocycles. The zero-order valence-electron chi connectivity index (χ0n) is 11.6. The fourth-order valence-electron chi connectivity index (χ4n) is 1.83. The third-order valence-corrected chi connectivity index (χ3v) is 4.06. The number of hydrogen-bond donors (Lipinski definition) is 1. The van der Waals surface area contributed by atoms with Crippen molar-refractivity contribution in [2.45, 2.75) is 10.1 Å². The molecule has 3 rings (SSSR count). The molecule has 1 aromatic carbocycles. The van der Waals surface area contributed by atoms with Crippen LogP contribution in [0.3, 0.4) is 0 Å². The zero-order valence-corrected chi connectivity index (χ0v) is 12.4. The molecule has 0 aliphatic carbocycles. The van der Waals surface area contributed by atoms with Gasteiger partial charge in [-0.2, -0.15) is 0 Å². The van der Waals surface area contributed by atoms with Crippen molar-refractivity contribution < 1.29 is 13.6 Å². The van der Waals surface area contributed by atoms with Crippen molar-refractivity contribution in [3.63, 3.8) is 0 Å². The standard InChI is InChI=1S/C15H12FN3O2S/c1-19-7-6-17-15(19)22-13-5-4-10(16)9-11(13)18-14(20)12-3-2-8-21-12/h2-9H,1H3,(H,18,20). The van der Waals surface area contributed by atoms with Crippen molar-refractivity contribution in [1.82, 2.24) is 9.55 Å². The number of halogens is 1. The summed E-state index contributed by atoms with van der Waals surface area (Å²) in [6, 6.07) is 7.37. The zero-order chi connectivity index (χ0) is 15.5. The van der Waals surface area contributed by atoms with E-state index in [2.05, 4.69) is 10.3 Å². The molecule has 0 atom stereocenters. The summed E-state index contributed by atoms with van der Waals surface area (Å²) in [4.78, 5) is 16.9. The number of aryl methyl sites for hydroxylation is 1. The first-order valence-electron chi connectivity index (χ1n) is 6.43. The summed E-state index contributed by atoms with van der Waals surface area (Å²) in [5, 5.41) is 3.39. The molecule has 5 nitrogen and oxygen atoms in total. The molecule has 7 heteroatoms. The van der Waals surface area contributed by atoms with Gasteiger partial charge in [-0.1, -0.05) is 0 Å². The number of nitrogens with zero attached hydrogens (tertiary/aromatic N) is 2. The maximum Gasteiger partial charge on any atom is 0.291 e. The van der Waals surface area contributed by atoms with Crippen LogP contribution >= 0.6 is 11.8 Å². The van der Waals surface area contributed by atoms with Crippen molar-refractivity contribution in [2.24, 2.45) is 7.05 Å². The molecule has 112 valence electrons. The number of hydrogen-bond acceptors (Lipinski definition) is 4. The van der Waals surface area contributed by atoms with Gasteiger partial charge in [-0.25, -0.2) is 9.37 Å². The molecule has 1 N–H and O–H groups in total. The Kier molecular flexibility index (Phi) is 3.97. The van der Waals surface area contributed by atoms with Crippen LogP contribution in [0.25, 0.3) is 0 Å². The first-order chi connectivity index (χ1) is 10.6. The summed E-state index contributed by atoms with van der Waals surface area (Å²) in [6.45, 7) is 0. The van der Waals surface area contributed by atoms with Crippen LogP contribution in [-0.2, 0) is 7.05 Å². The van der Waals surface area contributed by atoms with Gasteiger partial charge in [-0.3, -0.25) is 4.79 Å². The lowest BCUT2D eigenvalue weighted by molar-refractivity contribution is 0.0996. The smallest absolute Gasteiger partial charge is 0.291 e. The molecule has 0 spiro atoms. The first kappa shape index (κ1) is 14.4. The molecule has 0 aliphatic rings. The van der Waals surface area contributed by atoms with E-state index < -0.39 is 11.7 Å².